The molecular formula is C15H21N3O4. The van der Waals surface area contributed by atoms with Gasteiger partial charge in [0.1, 0.15) is 6.54 Å². The predicted molar refractivity (Wildman–Crippen MR) is 76.6 cm³/mol. The van der Waals surface area contributed by atoms with E-state index in [0.29, 0.717) is 12.5 Å². The fourth-order valence-electron chi connectivity index (χ4n) is 3.91. The Morgan fingerprint density at radius 1 is 1.05 bits per heavy atom. The van der Waals surface area contributed by atoms with Gasteiger partial charge >= 0.3 is 17.8 Å². The van der Waals surface area contributed by atoms with Crippen molar-refractivity contribution in [3.8, 4) is 0 Å². The lowest BCUT2D eigenvalue weighted by atomic mass is 9.78. The Morgan fingerprint density at radius 2 is 1.73 bits per heavy atom. The van der Waals surface area contributed by atoms with Crippen LogP contribution in [0.15, 0.2) is 0 Å². The minimum atomic E-state index is -0.905. The van der Waals surface area contributed by atoms with Crippen LogP contribution in [0.4, 0.5) is 4.79 Å². The topological polar surface area (TPSA) is 78.0 Å². The normalized spacial score (nSPS) is 29.1. The molecule has 7 nitrogen and oxygen atoms in total. The summed E-state index contributed by atoms with van der Waals surface area (Å²) in [5.41, 5.74) is 0. The molecule has 5 amide bonds. The number of likely N-dealkylation sites (tertiary alicyclic amines) is 1. The molecule has 0 N–H and O–H groups in total. The monoisotopic (exact) mass is 307 g/mol. The van der Waals surface area contributed by atoms with Crippen LogP contribution in [0.2, 0.25) is 0 Å². The lowest BCUT2D eigenvalue weighted by molar-refractivity contribution is -0.146. The molecule has 2 saturated heterocycles. The maximum Gasteiger partial charge on any atom is 0.334 e. The third-order valence-corrected chi connectivity index (χ3v) is 5.11. The molecule has 22 heavy (non-hydrogen) atoms. The quantitative estimate of drug-likeness (QED) is 0.552. The van der Waals surface area contributed by atoms with Crippen molar-refractivity contribution in [1.82, 2.24) is 14.7 Å². The number of amides is 5. The van der Waals surface area contributed by atoms with Crippen molar-refractivity contribution < 1.29 is 19.2 Å². The minimum absolute atomic E-state index is 0.221. The second-order valence-electron chi connectivity index (χ2n) is 6.38. The molecule has 3 aliphatic rings. The molecule has 0 aromatic heterocycles. The number of urea groups is 1. The van der Waals surface area contributed by atoms with Crippen LogP contribution in [0, 0.1) is 5.92 Å². The molecule has 0 spiro atoms. The average Bonchev–Trinajstić information content (AvgIpc) is 2.72. The van der Waals surface area contributed by atoms with Crippen LogP contribution >= 0.6 is 0 Å². The van der Waals surface area contributed by atoms with Gasteiger partial charge in [0.25, 0.3) is 0 Å². The van der Waals surface area contributed by atoms with E-state index in [1.54, 1.807) is 0 Å². The van der Waals surface area contributed by atoms with Crippen molar-refractivity contribution in [2.45, 2.75) is 44.6 Å². The number of piperidine rings is 1. The summed E-state index contributed by atoms with van der Waals surface area (Å²) in [6.07, 6.45) is 6.60. The highest BCUT2D eigenvalue weighted by atomic mass is 16.2. The Labute approximate surface area is 129 Å². The number of carbonyl (C=O) groups is 4. The highest BCUT2D eigenvalue weighted by Crippen LogP contribution is 2.35. The fourth-order valence-corrected chi connectivity index (χ4v) is 3.91. The van der Waals surface area contributed by atoms with E-state index in [4.69, 9.17) is 0 Å². The summed E-state index contributed by atoms with van der Waals surface area (Å²) in [5, 5.41) is 0. The largest absolute Gasteiger partial charge is 0.338 e. The van der Waals surface area contributed by atoms with E-state index in [2.05, 4.69) is 0 Å². The number of nitrogens with zero attached hydrogens (tertiary/aromatic N) is 3. The molecule has 2 atom stereocenters. The average molecular weight is 307 g/mol. The Balaban J connectivity index is 1.70. The third kappa shape index (κ3) is 2.38. The number of rotatable bonds is 2. The standard InChI is InChI=1S/C15H21N3O4/c1-16-13(20)14(21)18(15(16)22)9-12(19)17-8-4-6-10-5-2-3-7-11(10)17/h10-11H,2-9H2,1H3/t10-,11+/m0/s1. The highest BCUT2D eigenvalue weighted by molar-refractivity contribution is 6.44. The third-order valence-electron chi connectivity index (χ3n) is 5.11. The first kappa shape index (κ1) is 15.0. The van der Waals surface area contributed by atoms with Gasteiger partial charge in [-0.05, 0) is 31.6 Å². The fraction of sp³-hybridized carbons (Fsp3) is 0.733. The van der Waals surface area contributed by atoms with Gasteiger partial charge < -0.3 is 4.90 Å². The van der Waals surface area contributed by atoms with E-state index in [1.165, 1.54) is 13.5 Å². The number of imide groups is 2. The van der Waals surface area contributed by atoms with E-state index < -0.39 is 17.8 Å². The first-order valence-corrected chi connectivity index (χ1v) is 7.93. The first-order chi connectivity index (χ1) is 10.5. The summed E-state index contributed by atoms with van der Waals surface area (Å²) in [6.45, 7) is 0.358. The van der Waals surface area contributed by atoms with Crippen LogP contribution in [0.3, 0.4) is 0 Å². The highest BCUT2D eigenvalue weighted by Gasteiger charge is 2.44. The summed E-state index contributed by atoms with van der Waals surface area (Å²) in [7, 11) is 1.26. The molecule has 120 valence electrons. The molecule has 0 aromatic carbocycles. The Morgan fingerprint density at radius 3 is 2.41 bits per heavy atom. The summed E-state index contributed by atoms with van der Waals surface area (Å²) < 4.78 is 0. The number of hydrogen-bond donors (Lipinski definition) is 0. The molecule has 1 saturated carbocycles. The summed E-state index contributed by atoms with van der Waals surface area (Å²) in [5.74, 6) is -1.45. The van der Waals surface area contributed by atoms with Crippen molar-refractivity contribution in [2.24, 2.45) is 5.92 Å². The predicted octanol–water partition coefficient (Wildman–Crippen LogP) is 0.588. The van der Waals surface area contributed by atoms with E-state index in [9.17, 15) is 19.2 Å². The molecule has 1 aliphatic carbocycles. The van der Waals surface area contributed by atoms with Crippen LogP contribution in [-0.2, 0) is 14.4 Å². The zero-order chi connectivity index (χ0) is 15.9. The van der Waals surface area contributed by atoms with Gasteiger partial charge in [-0.3, -0.25) is 19.3 Å². The minimum Gasteiger partial charge on any atom is -0.338 e. The van der Waals surface area contributed by atoms with Gasteiger partial charge in [-0.25, -0.2) is 9.69 Å². The molecule has 3 fully saturated rings. The van der Waals surface area contributed by atoms with E-state index in [0.717, 1.165) is 41.9 Å². The van der Waals surface area contributed by atoms with Crippen molar-refractivity contribution >= 4 is 23.8 Å². The van der Waals surface area contributed by atoms with Crippen molar-refractivity contribution in [2.75, 3.05) is 20.1 Å². The number of hydrogen-bond acceptors (Lipinski definition) is 4. The van der Waals surface area contributed by atoms with Gasteiger partial charge in [-0.1, -0.05) is 12.8 Å². The van der Waals surface area contributed by atoms with E-state index in [-0.39, 0.29) is 18.5 Å². The second kappa shape index (κ2) is 5.70. The lowest BCUT2D eigenvalue weighted by Gasteiger charge is -2.44. The number of fused-ring (bicyclic) bond motifs is 1. The SMILES string of the molecule is CN1C(=O)C(=O)N(CC(=O)N2CCC[C@@H]3CCCC[C@H]32)C1=O. The van der Waals surface area contributed by atoms with E-state index in [1.807, 2.05) is 4.90 Å². The van der Waals surface area contributed by atoms with Gasteiger partial charge in [0.15, 0.2) is 0 Å². The van der Waals surface area contributed by atoms with Gasteiger partial charge in [-0.15, -0.1) is 0 Å². The zero-order valence-corrected chi connectivity index (χ0v) is 12.8. The van der Waals surface area contributed by atoms with Gasteiger partial charge in [0.05, 0.1) is 0 Å². The van der Waals surface area contributed by atoms with Gasteiger partial charge in [0, 0.05) is 19.6 Å². The lowest BCUT2D eigenvalue weighted by Crippen LogP contribution is -2.53. The van der Waals surface area contributed by atoms with Crippen LogP contribution in [0.1, 0.15) is 38.5 Å². The Hall–Kier alpha value is -1.92. The molecular weight excluding hydrogens is 286 g/mol. The Bertz CT molecular complexity index is 531. The van der Waals surface area contributed by atoms with Crippen LogP contribution in [0.5, 0.6) is 0 Å². The van der Waals surface area contributed by atoms with E-state index >= 15 is 0 Å². The molecule has 0 unspecified atom stereocenters. The first-order valence-electron chi connectivity index (χ1n) is 7.93. The number of carbonyl (C=O) groups excluding carboxylic acids is 4. The molecule has 2 aliphatic heterocycles. The smallest absolute Gasteiger partial charge is 0.334 e. The molecule has 0 aromatic rings. The van der Waals surface area contributed by atoms with Crippen LogP contribution in [-0.4, -0.2) is 64.6 Å². The van der Waals surface area contributed by atoms with Crippen LogP contribution < -0.4 is 0 Å². The second-order valence-corrected chi connectivity index (χ2v) is 6.38. The summed E-state index contributed by atoms with van der Waals surface area (Å²) in [4.78, 5) is 51.1. The zero-order valence-electron chi connectivity index (χ0n) is 12.8. The molecule has 2 heterocycles. The molecule has 3 rings (SSSR count). The molecule has 7 heteroatoms. The molecule has 0 radical (unpaired) electrons. The maximum absolute atomic E-state index is 12.6. The van der Waals surface area contributed by atoms with Crippen molar-refractivity contribution in [3.05, 3.63) is 0 Å². The summed E-state index contributed by atoms with van der Waals surface area (Å²) in [6, 6.07) is -0.475. The molecule has 0 bridgehead atoms. The van der Waals surface area contributed by atoms with Crippen LogP contribution in [0.25, 0.3) is 0 Å². The van der Waals surface area contributed by atoms with Gasteiger partial charge in [0.2, 0.25) is 5.91 Å². The van der Waals surface area contributed by atoms with Gasteiger partial charge in [-0.2, -0.15) is 0 Å². The summed E-state index contributed by atoms with van der Waals surface area (Å²) >= 11 is 0. The Kier molecular flexibility index (Phi) is 3.88. The maximum atomic E-state index is 12.6. The van der Waals surface area contributed by atoms with Crippen molar-refractivity contribution in [3.63, 3.8) is 0 Å². The number of likely N-dealkylation sites (N-methyl/N-ethyl adjacent to an activating group) is 1. The van der Waals surface area contributed by atoms with Crippen molar-refractivity contribution in [1.29, 1.82) is 0 Å².